The van der Waals surface area contributed by atoms with Gasteiger partial charge in [0.1, 0.15) is 48.7 Å². The van der Waals surface area contributed by atoms with Crippen LogP contribution < -0.4 is 21.3 Å². The number of hydrogen-bond acceptors (Lipinski definition) is 24. The van der Waals surface area contributed by atoms with Gasteiger partial charge in [0.25, 0.3) is 11.7 Å². The number of ether oxygens (including phenoxy) is 8. The second-order valence-electron chi connectivity index (χ2n) is 30.4. The molecule has 2 unspecified atom stereocenters. The molecule has 8 N–H and O–H groups in total. The molecule has 2 bridgehead atoms. The number of carbonyl (C=O) groups excluding carboxylic acids is 10. The molecule has 1 aliphatic carbocycles. The van der Waals surface area contributed by atoms with Crippen LogP contribution in [0, 0.1) is 62.8 Å². The van der Waals surface area contributed by atoms with Crippen LogP contribution in [-0.2, 0) is 76.3 Å². The Morgan fingerprint density at radius 1 is 0.667 bits per heavy atom. The van der Waals surface area contributed by atoms with Gasteiger partial charge in [0.05, 0.1) is 86.8 Å². The van der Waals surface area contributed by atoms with Crippen LogP contribution in [0.1, 0.15) is 200 Å². The normalized spacial score (nSPS) is 27.9. The summed E-state index contributed by atoms with van der Waals surface area (Å²) < 4.78 is 51.2. The van der Waals surface area contributed by atoms with E-state index in [4.69, 9.17) is 37.9 Å². The van der Waals surface area contributed by atoms with Crippen molar-refractivity contribution in [3.8, 4) is 0 Å². The summed E-state index contributed by atoms with van der Waals surface area (Å²) in [4.78, 5) is 141. The largest absolute Gasteiger partial charge is 0.462 e. The molecule has 17 atom stereocenters. The number of halogens is 6. The van der Waals surface area contributed by atoms with Crippen LogP contribution in [0.5, 0.6) is 0 Å². The van der Waals surface area contributed by atoms with E-state index in [2.05, 4.69) is 21.3 Å². The van der Waals surface area contributed by atoms with E-state index in [0.717, 1.165) is 10.5 Å². The van der Waals surface area contributed by atoms with Crippen LogP contribution >= 0.6 is 136 Å². The number of piperidine rings is 1. The van der Waals surface area contributed by atoms with Crippen molar-refractivity contribution >= 4 is 217 Å². The molecular weight excluding hydrogens is 2160 g/mol. The number of anilines is 4. The lowest BCUT2D eigenvalue weighted by molar-refractivity contribution is -0.265. The predicted octanol–water partition coefficient (Wildman–Crippen LogP) is 13.7. The first kappa shape index (κ1) is 99.2. The number of esters is 4. The van der Waals surface area contributed by atoms with Crippen molar-refractivity contribution in [2.24, 2.45) is 41.4 Å². The van der Waals surface area contributed by atoms with Gasteiger partial charge < -0.3 is 84.5 Å². The van der Waals surface area contributed by atoms with E-state index in [9.17, 15) is 68.4 Å². The molecule has 2 saturated heterocycles. The standard InChI is InChI=1S/C81H111I6N5O22/c1-40-20-16-15-17-21-41(2)57(107-12)38-53-26-23-46(7)81(106,114-53)76(101)77(102)92-31-19-18-22-54(92)78(103)113-58(39-55(97)42(3)35-45(6)74(100)75(109-14)73(99)44(5)34-40)43(4)36-52-24-27-56(59(37-52)108-13)112-60(98)28-25-51(29-32-110-79(104)61-63(82)69(88-47(8)93)67(86)70(64(61)83)89-48(9)94)30-33-111-80(105)62-65(84)71(90-49(10)95)68(87)72(66(62)85)91-50(11)96/h15-17,20-21,35,40,42-44,46-47,49,51-54,56-59,74-75,88,90,93,95,100,106H,18-19,22-34,36-39H2,1-14H3,(H,89,94)(H,91,96)/b17-15?,20-16+,41-21?,45-35+/t40-,42-,43-,44-,46-,47?,49?,51?,52+,53+,54+,56-,57+,58+,59-,74-,75+,81-/m1/s1. The van der Waals surface area contributed by atoms with E-state index in [1.165, 1.54) is 41.9 Å². The highest BCUT2D eigenvalue weighted by molar-refractivity contribution is 14.1. The van der Waals surface area contributed by atoms with Crippen molar-refractivity contribution in [2.75, 3.05) is 62.4 Å². The molecule has 0 aromatic heterocycles. The summed E-state index contributed by atoms with van der Waals surface area (Å²) in [5, 5.41) is 56.1. The molecule has 634 valence electrons. The van der Waals surface area contributed by atoms with Gasteiger partial charge in [-0.1, -0.05) is 71.1 Å². The number of hydrogen-bond donors (Lipinski definition) is 8. The third-order valence-corrected chi connectivity index (χ3v) is 27.8. The lowest BCUT2D eigenvalue weighted by atomic mass is 9.78. The molecular formula is C81H111I6N5O22. The Kier molecular flexibility index (Phi) is 40.9. The molecule has 3 aliphatic heterocycles. The zero-order valence-corrected chi connectivity index (χ0v) is 80.0. The third kappa shape index (κ3) is 27.4. The Hall–Kier alpha value is -3.64. The van der Waals surface area contributed by atoms with Crippen molar-refractivity contribution in [1.29, 1.82) is 0 Å². The molecule has 3 heterocycles. The number of cyclic esters (lactones) is 1. The zero-order chi connectivity index (χ0) is 84.9. The number of fused-ring (bicyclic) bond motifs is 3. The number of benzene rings is 2. The van der Waals surface area contributed by atoms with Crippen molar-refractivity contribution in [3.05, 3.63) is 80.2 Å². The highest BCUT2D eigenvalue weighted by Crippen LogP contribution is 2.44. The maximum absolute atomic E-state index is 14.9. The van der Waals surface area contributed by atoms with Gasteiger partial charge >= 0.3 is 23.9 Å². The lowest BCUT2D eigenvalue weighted by Gasteiger charge is -2.42. The summed E-state index contributed by atoms with van der Waals surface area (Å²) >= 11 is 12.0. The minimum Gasteiger partial charge on any atom is -0.462 e. The van der Waals surface area contributed by atoms with E-state index in [0.29, 0.717) is 108 Å². The summed E-state index contributed by atoms with van der Waals surface area (Å²) in [6, 6.07) is -1.27. The Labute approximate surface area is 750 Å². The second kappa shape index (κ2) is 47.0. The van der Waals surface area contributed by atoms with Crippen molar-refractivity contribution in [2.45, 2.75) is 246 Å². The summed E-state index contributed by atoms with van der Waals surface area (Å²) in [5.74, 6) is -12.5. The number of ketones is 3. The van der Waals surface area contributed by atoms with E-state index in [1.54, 1.807) is 40.9 Å². The molecule has 3 fully saturated rings. The lowest BCUT2D eigenvalue weighted by Crippen LogP contribution is -2.61. The smallest absolute Gasteiger partial charge is 0.340 e. The predicted molar refractivity (Wildman–Crippen MR) is 480 cm³/mol. The number of amides is 3. The van der Waals surface area contributed by atoms with Crippen LogP contribution in [0.25, 0.3) is 0 Å². The first-order chi connectivity index (χ1) is 53.7. The Morgan fingerprint density at radius 2 is 1.24 bits per heavy atom. The fourth-order valence-corrected chi connectivity index (χ4v) is 23.3. The topological polar surface area (TPSA) is 377 Å². The number of carbonyl (C=O) groups is 10. The van der Waals surface area contributed by atoms with Gasteiger partial charge in [-0.05, 0) is 282 Å². The van der Waals surface area contributed by atoms with Crippen LogP contribution in [0.2, 0.25) is 0 Å². The number of nitrogens with zero attached hydrogens (tertiary/aromatic N) is 1. The fraction of sp³-hybridized carbons (Fsp3) is 0.630. The quantitative estimate of drug-likeness (QED) is 0.0121. The number of Topliss-reactive ketones (excluding diaryl/α,β-unsaturated/α-hetero) is 3. The van der Waals surface area contributed by atoms with Crippen molar-refractivity contribution in [3.63, 3.8) is 0 Å². The minimum absolute atomic E-state index is 0.00175. The van der Waals surface area contributed by atoms with Crippen molar-refractivity contribution < 1.29 is 106 Å². The van der Waals surface area contributed by atoms with E-state index < -0.39 is 144 Å². The molecule has 0 radical (unpaired) electrons. The molecule has 0 spiro atoms. The SMILES string of the molecule is CO[C@H]1C[C@@H]2CC[C@@H](C)[C@@](O)(O2)C(=O)C(=O)N2CCCC[C@H]2C(=O)O[C@H]([C@H](C)C[C@@H]2CC[C@@H](OC(=O)CCC(CCOC(=O)c3c(I)c(NC(C)=O)c(I)c(NC(C)O)c3I)CCOC(=O)c3c(I)c(NC(C)=O)c(I)c(NC(C)O)c3I)[C@H](OC)C2)CC(=O)[C@H](C)/C=C(\C)[C@@H](O)[C@@H](OC)C(=O)[C@H](C)C[C@H](C)/C=C/C=CC=C1C. The highest BCUT2D eigenvalue weighted by atomic mass is 127. The summed E-state index contributed by atoms with van der Waals surface area (Å²) in [6.07, 6.45) is 7.07. The monoisotopic (exact) mass is 2270 g/mol. The van der Waals surface area contributed by atoms with Gasteiger partial charge in [-0.15, -0.1) is 0 Å². The number of rotatable bonds is 24. The molecule has 6 rings (SSSR count). The van der Waals surface area contributed by atoms with Crippen LogP contribution in [-0.4, -0.2) is 192 Å². The Bertz CT molecular complexity index is 3800. The average molecular weight is 2270 g/mol. The highest BCUT2D eigenvalue weighted by Gasteiger charge is 2.53. The Balaban J connectivity index is 1.24. The zero-order valence-electron chi connectivity index (χ0n) is 67.1. The van der Waals surface area contributed by atoms with Crippen LogP contribution in [0.15, 0.2) is 47.6 Å². The summed E-state index contributed by atoms with van der Waals surface area (Å²) in [5.41, 5.74) is 2.91. The third-order valence-electron chi connectivity index (χ3n) is 21.4. The van der Waals surface area contributed by atoms with Crippen molar-refractivity contribution in [1.82, 2.24) is 4.90 Å². The van der Waals surface area contributed by atoms with Gasteiger partial charge in [0.15, 0.2) is 5.78 Å². The first-order valence-corrected chi connectivity index (χ1v) is 45.0. The fourth-order valence-electron chi connectivity index (χ4n) is 14.9. The van der Waals surface area contributed by atoms with E-state index in [-0.39, 0.29) is 99.2 Å². The molecule has 114 heavy (non-hydrogen) atoms. The van der Waals surface area contributed by atoms with Gasteiger partial charge in [-0.2, -0.15) is 0 Å². The van der Waals surface area contributed by atoms with Gasteiger partial charge in [-0.3, -0.25) is 33.6 Å². The number of aliphatic hydroxyl groups is 4. The summed E-state index contributed by atoms with van der Waals surface area (Å²) in [6.45, 7) is 17.8. The van der Waals surface area contributed by atoms with Gasteiger partial charge in [0, 0.05) is 78.7 Å². The molecule has 3 amide bonds. The van der Waals surface area contributed by atoms with Gasteiger partial charge in [0.2, 0.25) is 17.6 Å². The molecule has 33 heteroatoms. The maximum Gasteiger partial charge on any atom is 0.340 e. The molecule has 1 saturated carbocycles. The first-order valence-electron chi connectivity index (χ1n) is 38.6. The van der Waals surface area contributed by atoms with Gasteiger partial charge in [-0.25, -0.2) is 14.4 Å². The second-order valence-corrected chi connectivity index (χ2v) is 36.9. The average Bonchev–Trinajstić information content (AvgIpc) is 0.782. The molecule has 27 nitrogen and oxygen atoms in total. The Morgan fingerprint density at radius 3 is 1.77 bits per heavy atom. The maximum atomic E-state index is 14.9. The molecule has 2 aromatic carbocycles. The number of allylic oxidation sites excluding steroid dienone is 6. The number of aliphatic hydroxyl groups excluding tert-OH is 3. The van der Waals surface area contributed by atoms with E-state index >= 15 is 0 Å². The van der Waals surface area contributed by atoms with E-state index in [1.807, 2.05) is 187 Å². The minimum atomic E-state index is -2.53. The van der Waals surface area contributed by atoms with Crippen LogP contribution in [0.3, 0.4) is 0 Å². The number of nitrogens with one attached hydrogen (secondary N) is 4. The number of methoxy groups -OCH3 is 3. The molecule has 2 aromatic rings. The van der Waals surface area contributed by atoms with Crippen LogP contribution in [0.4, 0.5) is 22.7 Å². The summed E-state index contributed by atoms with van der Waals surface area (Å²) in [7, 11) is 4.42. The molecule has 4 aliphatic rings.